The zero-order chi connectivity index (χ0) is 15.9. The highest BCUT2D eigenvalue weighted by molar-refractivity contribution is 9.10. The number of para-hydroxylation sites is 1. The number of carbonyl (C=O) groups is 2. The fourth-order valence-corrected chi connectivity index (χ4v) is 3.20. The number of rotatable bonds is 2. The van der Waals surface area contributed by atoms with Gasteiger partial charge in [0.1, 0.15) is 0 Å². The van der Waals surface area contributed by atoms with Crippen molar-refractivity contribution in [3.05, 3.63) is 44.7 Å². The van der Waals surface area contributed by atoms with Crippen LogP contribution in [0.4, 0.5) is 0 Å². The van der Waals surface area contributed by atoms with Crippen LogP contribution in [0.2, 0.25) is 0 Å². The van der Waals surface area contributed by atoms with Crippen molar-refractivity contribution < 1.29 is 14.7 Å². The van der Waals surface area contributed by atoms with Crippen molar-refractivity contribution in [2.24, 2.45) is 5.92 Å². The zero-order valence-electron chi connectivity index (χ0n) is 11.5. The summed E-state index contributed by atoms with van der Waals surface area (Å²) in [5, 5.41) is 9.67. The number of pyridine rings is 1. The lowest BCUT2D eigenvalue weighted by Gasteiger charge is -2.17. The number of aromatic amines is 1. The number of aromatic nitrogens is 1. The molecule has 2 N–H and O–H groups in total. The number of nitrogens with zero attached hydrogens (tertiary/aromatic N) is 1. The van der Waals surface area contributed by atoms with Crippen molar-refractivity contribution in [1.29, 1.82) is 0 Å². The van der Waals surface area contributed by atoms with E-state index in [4.69, 9.17) is 5.11 Å². The maximum atomic E-state index is 12.7. The molecule has 1 aliphatic heterocycles. The number of amides is 1. The quantitative estimate of drug-likeness (QED) is 0.850. The van der Waals surface area contributed by atoms with Crippen molar-refractivity contribution in [2.75, 3.05) is 13.1 Å². The highest BCUT2D eigenvalue weighted by atomic mass is 79.9. The maximum absolute atomic E-state index is 12.7. The Hall–Kier alpha value is -2.15. The van der Waals surface area contributed by atoms with Crippen molar-refractivity contribution in [2.45, 2.75) is 6.42 Å². The van der Waals surface area contributed by atoms with Crippen molar-refractivity contribution in [3.63, 3.8) is 0 Å². The molecule has 1 atom stereocenters. The Morgan fingerprint density at radius 1 is 1.36 bits per heavy atom. The molecular formula is C15H13BrN2O4. The summed E-state index contributed by atoms with van der Waals surface area (Å²) in [5.41, 5.74) is 0.496. The molecular weight excluding hydrogens is 352 g/mol. The molecule has 0 aliphatic carbocycles. The highest BCUT2D eigenvalue weighted by Crippen LogP contribution is 2.26. The molecule has 6 nitrogen and oxygen atoms in total. The van der Waals surface area contributed by atoms with E-state index in [1.807, 2.05) is 0 Å². The molecule has 1 aromatic carbocycles. The molecule has 1 unspecified atom stereocenters. The van der Waals surface area contributed by atoms with Crippen LogP contribution in [0.1, 0.15) is 16.8 Å². The molecule has 1 amide bonds. The molecule has 22 heavy (non-hydrogen) atoms. The third-order valence-electron chi connectivity index (χ3n) is 3.88. The third kappa shape index (κ3) is 2.52. The lowest BCUT2D eigenvalue weighted by atomic mass is 10.1. The molecule has 1 fully saturated rings. The van der Waals surface area contributed by atoms with Crippen LogP contribution in [0.5, 0.6) is 0 Å². The van der Waals surface area contributed by atoms with E-state index >= 15 is 0 Å². The largest absolute Gasteiger partial charge is 0.481 e. The first-order valence-corrected chi connectivity index (χ1v) is 7.60. The number of fused-ring (bicyclic) bond motifs is 1. The number of carbonyl (C=O) groups excluding carboxylic acids is 1. The summed E-state index contributed by atoms with van der Waals surface area (Å²) in [5.74, 6) is -1.74. The second-order valence-corrected chi connectivity index (χ2v) is 6.14. The first-order valence-electron chi connectivity index (χ1n) is 6.81. The van der Waals surface area contributed by atoms with Crippen LogP contribution in [0.15, 0.2) is 33.5 Å². The van der Waals surface area contributed by atoms with E-state index in [1.165, 1.54) is 11.0 Å². The Morgan fingerprint density at radius 2 is 2.14 bits per heavy atom. The van der Waals surface area contributed by atoms with E-state index in [9.17, 15) is 14.4 Å². The van der Waals surface area contributed by atoms with E-state index in [1.54, 1.807) is 18.2 Å². The first-order chi connectivity index (χ1) is 10.5. The Balaban J connectivity index is 2.03. The topological polar surface area (TPSA) is 90.5 Å². The number of hydrogen-bond donors (Lipinski definition) is 2. The van der Waals surface area contributed by atoms with Gasteiger partial charge in [-0.3, -0.25) is 14.4 Å². The molecule has 0 spiro atoms. The minimum Gasteiger partial charge on any atom is -0.481 e. The Bertz CT molecular complexity index is 830. The van der Waals surface area contributed by atoms with Crippen LogP contribution < -0.4 is 5.56 Å². The lowest BCUT2D eigenvalue weighted by Crippen LogP contribution is -2.31. The van der Waals surface area contributed by atoms with Gasteiger partial charge in [-0.1, -0.05) is 12.1 Å². The van der Waals surface area contributed by atoms with Gasteiger partial charge in [0.05, 0.1) is 17.0 Å². The normalized spacial score (nSPS) is 17.9. The van der Waals surface area contributed by atoms with Crippen LogP contribution >= 0.6 is 15.9 Å². The first kappa shape index (κ1) is 14.8. The number of carboxylic acids is 1. The van der Waals surface area contributed by atoms with Gasteiger partial charge in [0.2, 0.25) is 5.56 Å². The smallest absolute Gasteiger partial charge is 0.308 e. The number of benzene rings is 1. The standard InChI is InChI=1S/C15H13BrN2O4/c16-11-3-1-2-9-10(6-12(19)17-13(9)11)14(20)18-5-4-8(7-18)15(21)22/h1-3,6,8H,4-5,7H2,(H,17,19)(H,21,22). The number of H-pyrrole nitrogens is 1. The van der Waals surface area contributed by atoms with Gasteiger partial charge in [0, 0.05) is 29.0 Å². The summed E-state index contributed by atoms with van der Waals surface area (Å²) in [7, 11) is 0. The van der Waals surface area contributed by atoms with E-state index in [-0.39, 0.29) is 18.0 Å². The molecule has 3 rings (SSSR count). The van der Waals surface area contributed by atoms with Crippen LogP contribution in [-0.4, -0.2) is 40.0 Å². The summed E-state index contributed by atoms with van der Waals surface area (Å²) in [4.78, 5) is 39.7. The molecule has 2 heterocycles. The molecule has 0 bridgehead atoms. The highest BCUT2D eigenvalue weighted by Gasteiger charge is 2.32. The fraction of sp³-hybridized carbons (Fsp3) is 0.267. The molecule has 1 aromatic heterocycles. The predicted octanol–water partition coefficient (Wildman–Crippen LogP) is 1.84. The minimum absolute atomic E-state index is 0.177. The summed E-state index contributed by atoms with van der Waals surface area (Å²) >= 11 is 3.35. The zero-order valence-corrected chi connectivity index (χ0v) is 13.1. The molecule has 2 aromatic rings. The average molecular weight is 365 g/mol. The monoisotopic (exact) mass is 364 g/mol. The van der Waals surface area contributed by atoms with Crippen molar-refractivity contribution >= 4 is 38.7 Å². The molecule has 7 heteroatoms. The SMILES string of the molecule is O=C(O)C1CCN(C(=O)c2cc(=O)[nH]c3c(Br)cccc23)C1. The number of hydrogen-bond acceptors (Lipinski definition) is 3. The van der Waals surface area contributed by atoms with Crippen LogP contribution in [0.3, 0.4) is 0 Å². The van der Waals surface area contributed by atoms with Gasteiger partial charge in [0.25, 0.3) is 5.91 Å². The number of halogens is 1. The number of aliphatic carboxylic acids is 1. The Labute approximate surface area is 133 Å². The average Bonchev–Trinajstić information content (AvgIpc) is 2.97. The fourth-order valence-electron chi connectivity index (χ4n) is 2.74. The summed E-state index contributed by atoms with van der Waals surface area (Å²) in [6, 6.07) is 6.59. The Kier molecular flexibility index (Phi) is 3.74. The van der Waals surface area contributed by atoms with E-state index in [0.717, 1.165) is 0 Å². The summed E-state index contributed by atoms with van der Waals surface area (Å²) in [6.07, 6.45) is 0.436. The van der Waals surface area contributed by atoms with E-state index < -0.39 is 11.9 Å². The van der Waals surface area contributed by atoms with Crippen molar-refractivity contribution in [3.8, 4) is 0 Å². The second kappa shape index (κ2) is 5.57. The van der Waals surface area contributed by atoms with Crippen LogP contribution in [-0.2, 0) is 4.79 Å². The van der Waals surface area contributed by atoms with E-state index in [2.05, 4.69) is 20.9 Å². The molecule has 114 valence electrons. The van der Waals surface area contributed by atoms with Gasteiger partial charge >= 0.3 is 5.97 Å². The minimum atomic E-state index is -0.895. The molecule has 0 saturated carbocycles. The van der Waals surface area contributed by atoms with Crippen LogP contribution in [0, 0.1) is 5.92 Å². The maximum Gasteiger partial charge on any atom is 0.308 e. The molecule has 1 saturated heterocycles. The van der Waals surface area contributed by atoms with Crippen molar-refractivity contribution in [1.82, 2.24) is 9.88 Å². The predicted molar refractivity (Wildman–Crippen MR) is 83.9 cm³/mol. The number of nitrogens with one attached hydrogen (secondary N) is 1. The Morgan fingerprint density at radius 3 is 2.82 bits per heavy atom. The number of carboxylic acid groups (broad SMARTS) is 1. The van der Waals surface area contributed by atoms with Gasteiger partial charge in [-0.05, 0) is 28.4 Å². The van der Waals surface area contributed by atoms with Gasteiger partial charge in [-0.2, -0.15) is 0 Å². The summed E-state index contributed by atoms with van der Waals surface area (Å²) in [6.45, 7) is 0.564. The van der Waals surface area contributed by atoms with E-state index in [0.29, 0.717) is 33.9 Å². The van der Waals surface area contributed by atoms with Gasteiger partial charge in [0.15, 0.2) is 0 Å². The summed E-state index contributed by atoms with van der Waals surface area (Å²) < 4.78 is 0.696. The molecule has 0 radical (unpaired) electrons. The van der Waals surface area contributed by atoms with Crippen LogP contribution in [0.25, 0.3) is 10.9 Å². The number of likely N-dealkylation sites (tertiary alicyclic amines) is 1. The molecule has 1 aliphatic rings. The van der Waals surface area contributed by atoms with Gasteiger partial charge in [-0.15, -0.1) is 0 Å². The third-order valence-corrected chi connectivity index (χ3v) is 4.54. The lowest BCUT2D eigenvalue weighted by molar-refractivity contribution is -0.141. The second-order valence-electron chi connectivity index (χ2n) is 5.28. The van der Waals surface area contributed by atoms with Gasteiger partial charge < -0.3 is 15.0 Å². The van der Waals surface area contributed by atoms with Gasteiger partial charge in [-0.25, -0.2) is 0 Å².